The number of nitrogens with one attached hydrogen (secondary N) is 1. The lowest BCUT2D eigenvalue weighted by molar-refractivity contribution is -0.137. The summed E-state index contributed by atoms with van der Waals surface area (Å²) in [7, 11) is 2.08. The molecule has 0 saturated heterocycles. The van der Waals surface area contributed by atoms with Crippen molar-refractivity contribution in [1.29, 1.82) is 0 Å². The van der Waals surface area contributed by atoms with E-state index in [4.69, 9.17) is 0 Å². The third kappa shape index (κ3) is 4.38. The summed E-state index contributed by atoms with van der Waals surface area (Å²) in [5.74, 6) is -0.421. The van der Waals surface area contributed by atoms with Crippen LogP contribution in [0.15, 0.2) is 48.7 Å². The summed E-state index contributed by atoms with van der Waals surface area (Å²) in [6.07, 6.45) is 0.197. The van der Waals surface area contributed by atoms with Gasteiger partial charge in [0.1, 0.15) is 5.75 Å². The van der Waals surface area contributed by atoms with Crippen LogP contribution in [0, 0.1) is 0 Å². The standard InChI is InChI=1S/C22H21F3N4O/c1-29-6-4-15(5-7-29)16-2-3-20-19(10-16)21(13-27-28-20)26-12-14-8-17(22(23,24)25)11-18(30)9-14/h2-4,8-11,13,30H,5-7,12H2,1H3,(H,26,28). The maximum atomic E-state index is 13.0. The molecule has 0 spiro atoms. The Morgan fingerprint density at radius 1 is 1.17 bits per heavy atom. The number of hydrogen-bond donors (Lipinski definition) is 2. The van der Waals surface area contributed by atoms with E-state index in [1.807, 2.05) is 18.2 Å². The molecule has 0 radical (unpaired) electrons. The number of halogens is 3. The molecule has 8 heteroatoms. The Labute approximate surface area is 171 Å². The van der Waals surface area contributed by atoms with E-state index in [-0.39, 0.29) is 6.54 Å². The fourth-order valence-electron chi connectivity index (χ4n) is 3.57. The molecule has 0 unspecified atom stereocenters. The largest absolute Gasteiger partial charge is 0.508 e. The SMILES string of the molecule is CN1CC=C(c2ccc3nncc(NCc4cc(O)cc(C(F)(F)F)c4)c3c2)CC1. The zero-order valence-corrected chi connectivity index (χ0v) is 16.4. The van der Waals surface area contributed by atoms with E-state index in [0.29, 0.717) is 22.8 Å². The average molecular weight is 414 g/mol. The molecule has 4 rings (SSSR count). The Kier molecular flexibility index (Phi) is 5.34. The summed E-state index contributed by atoms with van der Waals surface area (Å²) in [5.41, 5.74) is 3.18. The quantitative estimate of drug-likeness (QED) is 0.649. The molecule has 1 aliphatic heterocycles. The van der Waals surface area contributed by atoms with Crippen molar-refractivity contribution in [3.8, 4) is 5.75 Å². The normalized spacial score (nSPS) is 15.3. The van der Waals surface area contributed by atoms with E-state index >= 15 is 0 Å². The maximum Gasteiger partial charge on any atom is 0.416 e. The summed E-state index contributed by atoms with van der Waals surface area (Å²) in [6.45, 7) is 1.99. The van der Waals surface area contributed by atoms with Gasteiger partial charge in [-0.25, -0.2) is 0 Å². The van der Waals surface area contributed by atoms with Gasteiger partial charge in [0, 0.05) is 25.0 Å². The van der Waals surface area contributed by atoms with Crippen molar-refractivity contribution in [2.45, 2.75) is 19.1 Å². The van der Waals surface area contributed by atoms with E-state index in [1.54, 1.807) is 6.20 Å². The first-order chi connectivity index (χ1) is 14.3. The highest BCUT2D eigenvalue weighted by Gasteiger charge is 2.31. The second-order valence-corrected chi connectivity index (χ2v) is 7.47. The molecule has 0 aliphatic carbocycles. The zero-order chi connectivity index (χ0) is 21.3. The molecule has 1 aliphatic rings. The van der Waals surface area contributed by atoms with Gasteiger partial charge in [0.15, 0.2) is 0 Å². The third-order valence-electron chi connectivity index (χ3n) is 5.21. The lowest BCUT2D eigenvalue weighted by Crippen LogP contribution is -2.23. The number of phenols is 1. The van der Waals surface area contributed by atoms with E-state index in [9.17, 15) is 18.3 Å². The number of rotatable bonds is 4. The van der Waals surface area contributed by atoms with E-state index in [0.717, 1.165) is 36.5 Å². The maximum absolute atomic E-state index is 13.0. The summed E-state index contributed by atoms with van der Waals surface area (Å²) >= 11 is 0. The predicted molar refractivity (Wildman–Crippen MR) is 110 cm³/mol. The highest BCUT2D eigenvalue weighted by atomic mass is 19.4. The lowest BCUT2D eigenvalue weighted by atomic mass is 9.98. The number of alkyl halides is 3. The van der Waals surface area contributed by atoms with E-state index in [2.05, 4.69) is 33.5 Å². The number of likely N-dealkylation sites (N-methyl/N-ethyl adjacent to an activating group) is 1. The molecule has 2 heterocycles. The van der Waals surface area contributed by atoms with Crippen LogP contribution < -0.4 is 5.32 Å². The lowest BCUT2D eigenvalue weighted by Gasteiger charge is -2.22. The van der Waals surface area contributed by atoms with Gasteiger partial charge in [-0.1, -0.05) is 12.1 Å². The molecule has 1 aromatic heterocycles. The van der Waals surface area contributed by atoms with Crippen LogP contribution in [0.4, 0.5) is 18.9 Å². The van der Waals surface area contributed by atoms with Crippen LogP contribution in [0.25, 0.3) is 16.5 Å². The first-order valence-corrected chi connectivity index (χ1v) is 9.57. The number of hydrogen-bond acceptors (Lipinski definition) is 5. The minimum absolute atomic E-state index is 0.107. The van der Waals surface area contributed by atoms with Crippen molar-refractivity contribution in [2.24, 2.45) is 0 Å². The molecule has 0 saturated carbocycles. The molecule has 2 aromatic carbocycles. The molecular formula is C22H21F3N4O. The molecule has 3 aromatic rings. The van der Waals surface area contributed by atoms with E-state index in [1.165, 1.54) is 11.6 Å². The highest BCUT2D eigenvalue weighted by molar-refractivity contribution is 5.92. The van der Waals surface area contributed by atoms with Crippen molar-refractivity contribution < 1.29 is 18.3 Å². The van der Waals surface area contributed by atoms with Crippen molar-refractivity contribution in [1.82, 2.24) is 15.1 Å². The zero-order valence-electron chi connectivity index (χ0n) is 16.4. The average Bonchev–Trinajstić information content (AvgIpc) is 2.71. The van der Waals surface area contributed by atoms with Gasteiger partial charge in [-0.2, -0.15) is 23.4 Å². The Morgan fingerprint density at radius 3 is 2.73 bits per heavy atom. The van der Waals surface area contributed by atoms with Crippen molar-refractivity contribution >= 4 is 22.2 Å². The van der Waals surface area contributed by atoms with Crippen molar-refractivity contribution in [3.63, 3.8) is 0 Å². The van der Waals surface area contributed by atoms with Crippen LogP contribution in [0.1, 0.15) is 23.1 Å². The number of benzene rings is 2. The van der Waals surface area contributed by atoms with Crippen LogP contribution in [0.5, 0.6) is 5.75 Å². The third-order valence-corrected chi connectivity index (χ3v) is 5.21. The smallest absolute Gasteiger partial charge is 0.416 e. The number of anilines is 1. The molecule has 156 valence electrons. The molecule has 0 fully saturated rings. The van der Waals surface area contributed by atoms with Crippen LogP contribution in [0.2, 0.25) is 0 Å². The first-order valence-electron chi connectivity index (χ1n) is 9.57. The molecule has 2 N–H and O–H groups in total. The molecule has 0 amide bonds. The highest BCUT2D eigenvalue weighted by Crippen LogP contribution is 2.33. The Morgan fingerprint density at radius 2 is 2.00 bits per heavy atom. The fraction of sp³-hybridized carbons (Fsp3) is 0.273. The summed E-state index contributed by atoms with van der Waals surface area (Å²) < 4.78 is 39.0. The number of nitrogens with zero attached hydrogens (tertiary/aromatic N) is 3. The minimum atomic E-state index is -4.52. The van der Waals surface area contributed by atoms with E-state index < -0.39 is 17.5 Å². The van der Waals surface area contributed by atoms with Crippen molar-refractivity contribution in [2.75, 3.05) is 25.5 Å². The van der Waals surface area contributed by atoms with Gasteiger partial charge in [-0.05, 0) is 60.5 Å². The van der Waals surface area contributed by atoms with Crippen LogP contribution >= 0.6 is 0 Å². The van der Waals surface area contributed by atoms with Gasteiger partial charge in [0.25, 0.3) is 0 Å². The van der Waals surface area contributed by atoms with Crippen LogP contribution in [-0.2, 0) is 12.7 Å². The fourth-order valence-corrected chi connectivity index (χ4v) is 3.57. The van der Waals surface area contributed by atoms with Gasteiger partial charge in [0.05, 0.1) is 23.0 Å². The molecule has 5 nitrogen and oxygen atoms in total. The second kappa shape index (κ2) is 7.95. The monoisotopic (exact) mass is 414 g/mol. The summed E-state index contributed by atoms with van der Waals surface area (Å²) in [5, 5.41) is 21.8. The second-order valence-electron chi connectivity index (χ2n) is 7.47. The molecular weight excluding hydrogens is 393 g/mol. The Balaban J connectivity index is 1.62. The molecule has 0 bridgehead atoms. The number of phenolic OH excluding ortho intramolecular Hbond substituents is 1. The Bertz CT molecular complexity index is 1110. The number of aromatic hydroxyl groups is 1. The van der Waals surface area contributed by atoms with Crippen LogP contribution in [-0.4, -0.2) is 40.3 Å². The van der Waals surface area contributed by atoms with Gasteiger partial charge >= 0.3 is 6.18 Å². The summed E-state index contributed by atoms with van der Waals surface area (Å²) in [6, 6.07) is 9.01. The van der Waals surface area contributed by atoms with Crippen molar-refractivity contribution in [3.05, 3.63) is 65.4 Å². The minimum Gasteiger partial charge on any atom is -0.508 e. The van der Waals surface area contributed by atoms with Crippen LogP contribution in [0.3, 0.4) is 0 Å². The van der Waals surface area contributed by atoms with Gasteiger partial charge in [-0.15, -0.1) is 0 Å². The number of aromatic nitrogens is 2. The topological polar surface area (TPSA) is 61.3 Å². The van der Waals surface area contributed by atoms with Gasteiger partial charge in [-0.3, -0.25) is 0 Å². The first kappa shape index (κ1) is 20.2. The molecule has 30 heavy (non-hydrogen) atoms. The van der Waals surface area contributed by atoms with Gasteiger partial charge < -0.3 is 15.3 Å². The van der Waals surface area contributed by atoms with Gasteiger partial charge in [0.2, 0.25) is 0 Å². The summed E-state index contributed by atoms with van der Waals surface area (Å²) in [4.78, 5) is 2.24. The molecule has 0 atom stereocenters. The number of fused-ring (bicyclic) bond motifs is 1. The predicted octanol–water partition coefficient (Wildman–Crippen LogP) is 4.69. The Hall–Kier alpha value is -3.13.